The van der Waals surface area contributed by atoms with Gasteiger partial charge in [0.15, 0.2) is 0 Å². The second-order valence-electron chi connectivity index (χ2n) is 7.33. The normalized spacial score (nSPS) is 40.7. The van der Waals surface area contributed by atoms with E-state index in [0.717, 1.165) is 19.5 Å². The van der Waals surface area contributed by atoms with Crippen molar-refractivity contribution in [3.8, 4) is 0 Å². The Labute approximate surface area is 142 Å². The van der Waals surface area contributed by atoms with Gasteiger partial charge in [0.05, 0.1) is 18.1 Å². The van der Waals surface area contributed by atoms with Crippen LogP contribution >= 0.6 is 11.8 Å². The van der Waals surface area contributed by atoms with Gasteiger partial charge in [0.25, 0.3) is 0 Å². The Kier molecular flexibility index (Phi) is 4.64. The molecule has 7 atom stereocenters. The van der Waals surface area contributed by atoms with Crippen LogP contribution in [0.4, 0.5) is 0 Å². The van der Waals surface area contributed by atoms with E-state index in [1.807, 2.05) is 16.7 Å². The molecule has 0 aromatic heterocycles. The number of β-lactam (4-membered cyclic amide) rings is 1. The van der Waals surface area contributed by atoms with Crippen LogP contribution in [-0.2, 0) is 9.59 Å². The molecule has 3 rings (SSSR count). The van der Waals surface area contributed by atoms with E-state index in [-0.39, 0.29) is 29.8 Å². The Hall–Kier alpha value is -0.790. The molecule has 3 saturated heterocycles. The molecule has 0 aromatic rings. The summed E-state index contributed by atoms with van der Waals surface area (Å²) in [6.07, 6.45) is 0.286. The van der Waals surface area contributed by atoms with Crippen LogP contribution in [0, 0.1) is 11.8 Å². The number of hydrogen-bond acceptors (Lipinski definition) is 5. The third-order valence-corrected chi connectivity index (χ3v) is 7.19. The Morgan fingerprint density at radius 1 is 1.48 bits per heavy atom. The van der Waals surface area contributed by atoms with Crippen molar-refractivity contribution in [1.82, 2.24) is 15.1 Å². The second-order valence-corrected chi connectivity index (χ2v) is 8.88. The molecule has 3 aliphatic rings. The van der Waals surface area contributed by atoms with E-state index in [9.17, 15) is 14.7 Å². The predicted molar refractivity (Wildman–Crippen MR) is 90.1 cm³/mol. The third kappa shape index (κ3) is 2.87. The maximum atomic E-state index is 12.1. The largest absolute Gasteiger partial charge is 0.393 e. The standard InChI is InChI=1S/C16H27N3O3S/c1-8-12(7-19-14(8)13(9(2)20)16(19)22)23-10-5-11(17-6-10)15(21)18(3)4/h8-14,17,20H,5-7H2,1-4H3/t8-,9+,10-,11-,12-,13+,14+/m0/s1. The molecule has 0 aliphatic carbocycles. The van der Waals surface area contributed by atoms with Gasteiger partial charge in [-0.15, -0.1) is 0 Å². The van der Waals surface area contributed by atoms with E-state index in [1.54, 1.807) is 25.9 Å². The fourth-order valence-electron chi connectivity index (χ4n) is 4.21. The van der Waals surface area contributed by atoms with Crippen LogP contribution in [0.25, 0.3) is 0 Å². The van der Waals surface area contributed by atoms with Gasteiger partial charge in [-0.05, 0) is 19.3 Å². The lowest BCUT2D eigenvalue weighted by Gasteiger charge is -2.45. The number of nitrogens with one attached hydrogen (secondary N) is 1. The van der Waals surface area contributed by atoms with E-state index in [4.69, 9.17) is 0 Å². The zero-order valence-corrected chi connectivity index (χ0v) is 15.0. The van der Waals surface area contributed by atoms with Gasteiger partial charge in [-0.25, -0.2) is 0 Å². The highest BCUT2D eigenvalue weighted by atomic mass is 32.2. The summed E-state index contributed by atoms with van der Waals surface area (Å²) in [7, 11) is 3.58. The quantitative estimate of drug-likeness (QED) is 0.691. The summed E-state index contributed by atoms with van der Waals surface area (Å²) < 4.78 is 0. The van der Waals surface area contributed by atoms with Gasteiger partial charge in [0, 0.05) is 43.7 Å². The number of fused-ring (bicyclic) bond motifs is 1. The summed E-state index contributed by atoms with van der Waals surface area (Å²) in [4.78, 5) is 27.7. The van der Waals surface area contributed by atoms with Crippen molar-refractivity contribution in [3.63, 3.8) is 0 Å². The van der Waals surface area contributed by atoms with E-state index in [0.29, 0.717) is 16.4 Å². The number of likely N-dealkylation sites (N-methyl/N-ethyl adjacent to an activating group) is 1. The molecule has 3 heterocycles. The van der Waals surface area contributed by atoms with Gasteiger partial charge in [0.2, 0.25) is 11.8 Å². The highest BCUT2D eigenvalue weighted by molar-refractivity contribution is 8.00. The summed E-state index contributed by atoms with van der Waals surface area (Å²) in [5, 5.41) is 13.9. The minimum absolute atomic E-state index is 0.0805. The highest BCUT2D eigenvalue weighted by Gasteiger charge is 2.58. The van der Waals surface area contributed by atoms with Crippen molar-refractivity contribution in [1.29, 1.82) is 0 Å². The van der Waals surface area contributed by atoms with Crippen LogP contribution in [-0.4, -0.2) is 82.6 Å². The Morgan fingerprint density at radius 2 is 2.17 bits per heavy atom. The summed E-state index contributed by atoms with van der Waals surface area (Å²) in [5.41, 5.74) is 0. The molecule has 0 unspecified atom stereocenters. The average Bonchev–Trinajstić information content (AvgIpc) is 3.03. The molecule has 6 nitrogen and oxygen atoms in total. The number of hydrogen-bond donors (Lipinski definition) is 2. The number of thioether (sulfide) groups is 1. The van der Waals surface area contributed by atoms with Crippen LogP contribution in [0.5, 0.6) is 0 Å². The van der Waals surface area contributed by atoms with Gasteiger partial charge in [-0.1, -0.05) is 6.92 Å². The molecule has 2 N–H and O–H groups in total. The van der Waals surface area contributed by atoms with Gasteiger partial charge in [-0.2, -0.15) is 11.8 Å². The van der Waals surface area contributed by atoms with Crippen LogP contribution in [0.3, 0.4) is 0 Å². The van der Waals surface area contributed by atoms with Crippen molar-refractivity contribution >= 4 is 23.6 Å². The molecule has 0 aromatic carbocycles. The lowest BCUT2D eigenvalue weighted by atomic mass is 9.79. The monoisotopic (exact) mass is 341 g/mol. The molecule has 2 amide bonds. The van der Waals surface area contributed by atoms with E-state index < -0.39 is 6.10 Å². The molecule has 0 radical (unpaired) electrons. The molecule has 3 fully saturated rings. The van der Waals surface area contributed by atoms with Crippen LogP contribution in [0.2, 0.25) is 0 Å². The van der Waals surface area contributed by atoms with Crippen molar-refractivity contribution in [2.75, 3.05) is 27.2 Å². The van der Waals surface area contributed by atoms with Crippen LogP contribution in [0.1, 0.15) is 20.3 Å². The summed E-state index contributed by atoms with van der Waals surface area (Å²) in [6.45, 7) is 5.53. The molecule has 23 heavy (non-hydrogen) atoms. The molecule has 0 spiro atoms. The van der Waals surface area contributed by atoms with Crippen molar-refractivity contribution in [2.45, 2.75) is 49.0 Å². The van der Waals surface area contributed by atoms with Crippen molar-refractivity contribution in [3.05, 3.63) is 0 Å². The molecule has 130 valence electrons. The molecular weight excluding hydrogens is 314 g/mol. The fourth-order valence-corrected chi connectivity index (χ4v) is 5.86. The van der Waals surface area contributed by atoms with E-state index >= 15 is 0 Å². The number of nitrogens with zero attached hydrogens (tertiary/aromatic N) is 2. The summed E-state index contributed by atoms with van der Waals surface area (Å²) >= 11 is 1.91. The predicted octanol–water partition coefficient (Wildman–Crippen LogP) is -0.236. The molecule has 7 heteroatoms. The number of carbonyl (C=O) groups is 2. The third-order valence-electron chi connectivity index (χ3n) is 5.51. The lowest BCUT2D eigenvalue weighted by molar-refractivity contribution is -0.161. The fraction of sp³-hybridized carbons (Fsp3) is 0.875. The maximum Gasteiger partial charge on any atom is 0.239 e. The Bertz CT molecular complexity index is 499. The van der Waals surface area contributed by atoms with Gasteiger partial charge in [0.1, 0.15) is 0 Å². The Balaban J connectivity index is 1.56. The van der Waals surface area contributed by atoms with Crippen LogP contribution in [0.15, 0.2) is 0 Å². The maximum absolute atomic E-state index is 12.1. The van der Waals surface area contributed by atoms with Gasteiger partial charge < -0.3 is 20.2 Å². The zero-order chi connectivity index (χ0) is 16.9. The highest BCUT2D eigenvalue weighted by Crippen LogP contribution is 2.46. The van der Waals surface area contributed by atoms with Crippen LogP contribution < -0.4 is 5.32 Å². The van der Waals surface area contributed by atoms with E-state index in [2.05, 4.69) is 12.2 Å². The Morgan fingerprint density at radius 3 is 2.78 bits per heavy atom. The minimum Gasteiger partial charge on any atom is -0.393 e. The van der Waals surface area contributed by atoms with Gasteiger partial charge in [-0.3, -0.25) is 9.59 Å². The van der Waals surface area contributed by atoms with Crippen molar-refractivity contribution in [2.24, 2.45) is 11.8 Å². The number of rotatable bonds is 4. The smallest absolute Gasteiger partial charge is 0.239 e. The summed E-state index contributed by atoms with van der Waals surface area (Å²) in [5.74, 6) is 0.409. The average molecular weight is 341 g/mol. The number of aliphatic hydroxyl groups is 1. The molecule has 0 saturated carbocycles. The summed E-state index contributed by atoms with van der Waals surface area (Å²) in [6, 6.07) is 0.108. The number of aliphatic hydroxyl groups excluding tert-OH is 1. The zero-order valence-electron chi connectivity index (χ0n) is 14.2. The SMILES string of the molecule is C[C@@H]1[C@@H]2[C@@H]([C@@H](C)O)C(=O)N2C[C@@H]1S[C@@H]1CN[C@H](C(=O)N(C)C)C1. The first-order valence-electron chi connectivity index (χ1n) is 8.39. The van der Waals surface area contributed by atoms with Gasteiger partial charge >= 0.3 is 0 Å². The number of carbonyl (C=O) groups excluding carboxylic acids is 2. The first-order chi connectivity index (χ1) is 10.8. The molecule has 0 bridgehead atoms. The first-order valence-corrected chi connectivity index (χ1v) is 9.34. The molecular formula is C16H27N3O3S. The minimum atomic E-state index is -0.565. The second kappa shape index (κ2) is 6.26. The number of amides is 2. The van der Waals surface area contributed by atoms with E-state index in [1.165, 1.54) is 0 Å². The first kappa shape index (κ1) is 17.0. The topological polar surface area (TPSA) is 72.9 Å². The van der Waals surface area contributed by atoms with Crippen molar-refractivity contribution < 1.29 is 14.7 Å². The lowest BCUT2D eigenvalue weighted by Crippen LogP contribution is -2.62. The molecule has 3 aliphatic heterocycles.